The number of hydrogen-bond acceptors (Lipinski definition) is 3. The van der Waals surface area contributed by atoms with E-state index in [0.717, 1.165) is 44.4 Å². The van der Waals surface area contributed by atoms with Crippen molar-refractivity contribution in [1.82, 2.24) is 14.7 Å². The Bertz CT molecular complexity index is 593. The summed E-state index contributed by atoms with van der Waals surface area (Å²) in [6.45, 7) is 7.42. The number of ether oxygens (including phenoxy) is 1. The highest BCUT2D eigenvalue weighted by Crippen LogP contribution is 2.26. The fraction of sp³-hybridized carbons (Fsp3) is 0.650. The van der Waals surface area contributed by atoms with Gasteiger partial charge in [-0.2, -0.15) is 0 Å². The summed E-state index contributed by atoms with van der Waals surface area (Å²) in [7, 11) is 0. The minimum Gasteiger partial charge on any atom is -0.487 e. The molecule has 136 valence electrons. The number of urea groups is 1. The second-order valence-corrected chi connectivity index (χ2v) is 7.70. The molecule has 0 atom stereocenters. The molecule has 0 aromatic heterocycles. The molecule has 1 saturated carbocycles. The quantitative estimate of drug-likeness (QED) is 0.847. The van der Waals surface area contributed by atoms with Crippen LogP contribution in [0.4, 0.5) is 4.79 Å². The summed E-state index contributed by atoms with van der Waals surface area (Å²) in [5.74, 6) is 0.897. The molecule has 0 unspecified atom stereocenters. The minimum atomic E-state index is 0.130. The highest BCUT2D eigenvalue weighted by atomic mass is 16.5. The van der Waals surface area contributed by atoms with Crippen LogP contribution in [-0.4, -0.2) is 72.1 Å². The Morgan fingerprint density at radius 3 is 2.40 bits per heavy atom. The maximum Gasteiger partial charge on any atom is 0.320 e. The van der Waals surface area contributed by atoms with Gasteiger partial charge in [0.1, 0.15) is 11.9 Å². The van der Waals surface area contributed by atoms with E-state index in [1.165, 1.54) is 24.8 Å². The Labute approximate surface area is 150 Å². The van der Waals surface area contributed by atoms with Crippen molar-refractivity contribution in [1.29, 1.82) is 0 Å². The number of benzene rings is 1. The van der Waals surface area contributed by atoms with Crippen molar-refractivity contribution < 1.29 is 9.53 Å². The van der Waals surface area contributed by atoms with E-state index in [0.29, 0.717) is 13.1 Å². The summed E-state index contributed by atoms with van der Waals surface area (Å²) < 4.78 is 5.95. The average molecular weight is 343 g/mol. The zero-order valence-electron chi connectivity index (χ0n) is 15.2. The molecule has 25 heavy (non-hydrogen) atoms. The molecule has 2 heterocycles. The second kappa shape index (κ2) is 7.24. The van der Waals surface area contributed by atoms with E-state index >= 15 is 0 Å². The molecule has 5 nitrogen and oxygen atoms in total. The zero-order valence-corrected chi connectivity index (χ0v) is 15.2. The van der Waals surface area contributed by atoms with E-state index in [-0.39, 0.29) is 12.1 Å². The van der Waals surface area contributed by atoms with Gasteiger partial charge in [0, 0.05) is 32.2 Å². The van der Waals surface area contributed by atoms with Gasteiger partial charge in [-0.3, -0.25) is 4.90 Å². The van der Waals surface area contributed by atoms with E-state index < -0.39 is 0 Å². The lowest BCUT2D eigenvalue weighted by atomic mass is 9.91. The molecule has 1 aliphatic carbocycles. The molecule has 1 aromatic carbocycles. The highest BCUT2D eigenvalue weighted by molar-refractivity contribution is 5.75. The van der Waals surface area contributed by atoms with Gasteiger partial charge in [0.15, 0.2) is 0 Å². The highest BCUT2D eigenvalue weighted by Gasteiger charge is 2.36. The summed E-state index contributed by atoms with van der Waals surface area (Å²) in [6.07, 6.45) is 5.29. The molecule has 2 saturated heterocycles. The summed E-state index contributed by atoms with van der Waals surface area (Å²) in [6, 6.07) is 9.10. The average Bonchev–Trinajstić information content (AvgIpc) is 2.76. The molecule has 2 aliphatic heterocycles. The van der Waals surface area contributed by atoms with Crippen molar-refractivity contribution in [3.8, 4) is 5.75 Å². The normalized spacial score (nSPS) is 22.9. The SMILES string of the molecule is Cc1ccc(OC2CN(C(=O)N3CCCN(C4CCC4)CC3)C2)cc1. The number of rotatable bonds is 3. The fourth-order valence-electron chi connectivity index (χ4n) is 3.92. The van der Waals surface area contributed by atoms with Gasteiger partial charge < -0.3 is 14.5 Å². The number of aryl methyl sites for hydroxylation is 1. The molecule has 0 N–H and O–H groups in total. The molecule has 1 aromatic rings. The lowest BCUT2D eigenvalue weighted by molar-refractivity contribution is 0.0308. The third-order valence-electron chi connectivity index (χ3n) is 5.83. The Balaban J connectivity index is 1.23. The van der Waals surface area contributed by atoms with Crippen LogP contribution in [0.5, 0.6) is 5.75 Å². The van der Waals surface area contributed by atoms with Crippen LogP contribution in [0.25, 0.3) is 0 Å². The number of hydrogen-bond donors (Lipinski definition) is 0. The third kappa shape index (κ3) is 3.76. The summed E-state index contributed by atoms with van der Waals surface area (Å²) in [4.78, 5) is 19.3. The Morgan fingerprint density at radius 2 is 1.72 bits per heavy atom. The molecule has 3 aliphatic rings. The van der Waals surface area contributed by atoms with Gasteiger partial charge in [0.25, 0.3) is 0 Å². The third-order valence-corrected chi connectivity index (χ3v) is 5.83. The van der Waals surface area contributed by atoms with Crippen LogP contribution >= 0.6 is 0 Å². The molecule has 2 amide bonds. The van der Waals surface area contributed by atoms with Crippen LogP contribution in [0.3, 0.4) is 0 Å². The van der Waals surface area contributed by atoms with E-state index in [9.17, 15) is 4.79 Å². The Kier molecular flexibility index (Phi) is 4.84. The molecule has 0 bridgehead atoms. The van der Waals surface area contributed by atoms with Gasteiger partial charge in [-0.15, -0.1) is 0 Å². The van der Waals surface area contributed by atoms with Crippen LogP contribution in [-0.2, 0) is 0 Å². The molecule has 5 heteroatoms. The fourth-order valence-corrected chi connectivity index (χ4v) is 3.92. The van der Waals surface area contributed by atoms with Crippen molar-refractivity contribution in [2.75, 3.05) is 39.3 Å². The topological polar surface area (TPSA) is 36.0 Å². The predicted octanol–water partition coefficient (Wildman–Crippen LogP) is 2.74. The first-order valence-electron chi connectivity index (χ1n) is 9.70. The van der Waals surface area contributed by atoms with Crippen LogP contribution in [0, 0.1) is 6.92 Å². The van der Waals surface area contributed by atoms with Crippen molar-refractivity contribution in [2.24, 2.45) is 0 Å². The predicted molar refractivity (Wildman–Crippen MR) is 98.0 cm³/mol. The van der Waals surface area contributed by atoms with Gasteiger partial charge in [-0.1, -0.05) is 24.1 Å². The monoisotopic (exact) mass is 343 g/mol. The second-order valence-electron chi connectivity index (χ2n) is 7.70. The van der Waals surface area contributed by atoms with E-state index in [1.54, 1.807) is 0 Å². The van der Waals surface area contributed by atoms with Crippen LogP contribution < -0.4 is 4.74 Å². The molecule has 0 spiro atoms. The molecular weight excluding hydrogens is 314 g/mol. The van der Waals surface area contributed by atoms with Gasteiger partial charge in [0.05, 0.1) is 13.1 Å². The summed E-state index contributed by atoms with van der Waals surface area (Å²) >= 11 is 0. The van der Waals surface area contributed by atoms with Crippen molar-refractivity contribution in [3.63, 3.8) is 0 Å². The lowest BCUT2D eigenvalue weighted by Gasteiger charge is -2.41. The van der Waals surface area contributed by atoms with Crippen molar-refractivity contribution >= 4 is 6.03 Å². The van der Waals surface area contributed by atoms with E-state index in [1.807, 2.05) is 21.9 Å². The lowest BCUT2D eigenvalue weighted by Crippen LogP contribution is -2.60. The Hall–Kier alpha value is -1.75. The van der Waals surface area contributed by atoms with Gasteiger partial charge in [-0.25, -0.2) is 4.79 Å². The van der Waals surface area contributed by atoms with Crippen LogP contribution in [0.15, 0.2) is 24.3 Å². The summed E-state index contributed by atoms with van der Waals surface area (Å²) in [5, 5.41) is 0. The Morgan fingerprint density at radius 1 is 0.960 bits per heavy atom. The van der Waals surface area contributed by atoms with Gasteiger partial charge >= 0.3 is 6.03 Å². The first kappa shape index (κ1) is 16.7. The molecule has 4 rings (SSSR count). The maximum atomic E-state index is 12.7. The number of likely N-dealkylation sites (tertiary alicyclic amines) is 1. The number of carbonyl (C=O) groups excluding carboxylic acids is 1. The van der Waals surface area contributed by atoms with Crippen LogP contribution in [0.1, 0.15) is 31.2 Å². The minimum absolute atomic E-state index is 0.130. The summed E-state index contributed by atoms with van der Waals surface area (Å²) in [5.41, 5.74) is 1.23. The maximum absolute atomic E-state index is 12.7. The molecular formula is C20H29N3O2. The number of nitrogens with zero attached hydrogens (tertiary/aromatic N) is 3. The molecule has 0 radical (unpaired) electrons. The zero-order chi connectivity index (χ0) is 17.2. The van der Waals surface area contributed by atoms with Crippen molar-refractivity contribution in [2.45, 2.75) is 44.8 Å². The van der Waals surface area contributed by atoms with E-state index in [4.69, 9.17) is 4.74 Å². The smallest absolute Gasteiger partial charge is 0.320 e. The first-order chi connectivity index (χ1) is 12.2. The van der Waals surface area contributed by atoms with Crippen LogP contribution in [0.2, 0.25) is 0 Å². The van der Waals surface area contributed by atoms with Gasteiger partial charge in [-0.05, 0) is 38.3 Å². The van der Waals surface area contributed by atoms with Crippen molar-refractivity contribution in [3.05, 3.63) is 29.8 Å². The standard InChI is InChI=1S/C20H29N3O2/c1-16-6-8-18(9-7-16)25-19-14-23(15-19)20(24)22-11-3-10-21(12-13-22)17-4-2-5-17/h6-9,17,19H,2-5,10-15H2,1H3. The van der Waals surface area contributed by atoms with E-state index in [2.05, 4.69) is 24.0 Å². The molecule has 3 fully saturated rings. The number of amides is 2. The number of carbonyl (C=O) groups is 1. The van der Waals surface area contributed by atoms with Gasteiger partial charge in [0.2, 0.25) is 0 Å². The first-order valence-corrected chi connectivity index (χ1v) is 9.70. The largest absolute Gasteiger partial charge is 0.487 e.